The molecule has 0 fully saturated rings. The van der Waals surface area contributed by atoms with Crippen LogP contribution in [-0.2, 0) is 6.54 Å². The molecule has 1 unspecified atom stereocenters. The number of hydrogen-bond donors (Lipinski definition) is 2. The highest BCUT2D eigenvalue weighted by molar-refractivity contribution is 7.99. The number of nitrogens with zero attached hydrogens (tertiary/aromatic N) is 1. The van der Waals surface area contributed by atoms with Gasteiger partial charge < -0.3 is 5.32 Å². The number of thioether (sulfide) groups is 1. The van der Waals surface area contributed by atoms with E-state index in [0.717, 1.165) is 18.2 Å². The largest absolute Gasteiger partial charge is 0.308 e. The monoisotopic (exact) mass is 227 g/mol. The molecule has 0 aliphatic carbocycles. The van der Waals surface area contributed by atoms with E-state index in [1.807, 2.05) is 17.8 Å². The Labute approximate surface area is 96.4 Å². The van der Waals surface area contributed by atoms with Crippen molar-refractivity contribution < 1.29 is 0 Å². The Morgan fingerprint density at radius 2 is 2.20 bits per heavy atom. The number of aromatic nitrogens is 2. The van der Waals surface area contributed by atoms with Crippen molar-refractivity contribution in [1.29, 1.82) is 0 Å². The van der Waals surface area contributed by atoms with Crippen LogP contribution in [0.25, 0.3) is 0 Å². The van der Waals surface area contributed by atoms with Gasteiger partial charge in [0.05, 0.1) is 0 Å². The van der Waals surface area contributed by atoms with Crippen molar-refractivity contribution in [3.63, 3.8) is 0 Å². The van der Waals surface area contributed by atoms with Gasteiger partial charge in [-0.05, 0) is 24.7 Å². The summed E-state index contributed by atoms with van der Waals surface area (Å²) in [6, 6.07) is 2.55. The Balaban J connectivity index is 2.06. The summed E-state index contributed by atoms with van der Waals surface area (Å²) in [5.41, 5.74) is 1.15. The van der Waals surface area contributed by atoms with Crippen LogP contribution in [-0.4, -0.2) is 27.7 Å². The second-order valence-corrected chi connectivity index (χ2v) is 5.37. The lowest BCUT2D eigenvalue weighted by Crippen LogP contribution is -2.28. The molecular formula is C11H21N3S. The number of aromatic amines is 1. The highest BCUT2D eigenvalue weighted by Crippen LogP contribution is 2.08. The molecule has 0 amide bonds. The van der Waals surface area contributed by atoms with Crippen LogP contribution in [0.1, 0.15) is 26.5 Å². The number of rotatable bonds is 7. The molecule has 1 rings (SSSR count). The van der Waals surface area contributed by atoms with E-state index in [1.54, 1.807) is 6.20 Å². The average molecular weight is 227 g/mol. The van der Waals surface area contributed by atoms with E-state index < -0.39 is 0 Å². The standard InChI is InChI=1S/C11H21N3S/c1-9(2)7-15-8-10(3)12-6-11-4-5-13-14-11/h4-5,9-10,12H,6-8H2,1-3H3,(H,13,14). The van der Waals surface area contributed by atoms with E-state index in [1.165, 1.54) is 11.5 Å². The van der Waals surface area contributed by atoms with E-state index in [2.05, 4.69) is 36.3 Å². The van der Waals surface area contributed by atoms with Gasteiger partial charge in [0.25, 0.3) is 0 Å². The molecule has 1 aromatic rings. The van der Waals surface area contributed by atoms with Gasteiger partial charge in [0, 0.05) is 30.2 Å². The van der Waals surface area contributed by atoms with Crippen LogP contribution in [0, 0.1) is 5.92 Å². The zero-order valence-electron chi connectivity index (χ0n) is 9.79. The van der Waals surface area contributed by atoms with Crippen molar-refractivity contribution >= 4 is 11.8 Å². The minimum Gasteiger partial charge on any atom is -0.308 e. The average Bonchev–Trinajstić information content (AvgIpc) is 2.66. The molecule has 0 radical (unpaired) electrons. The fraction of sp³-hybridized carbons (Fsp3) is 0.727. The second-order valence-electron chi connectivity index (χ2n) is 4.30. The number of H-pyrrole nitrogens is 1. The first-order chi connectivity index (χ1) is 7.18. The molecule has 0 aliphatic rings. The van der Waals surface area contributed by atoms with Crippen LogP contribution in [0.2, 0.25) is 0 Å². The molecule has 0 aromatic carbocycles. The molecule has 1 atom stereocenters. The topological polar surface area (TPSA) is 40.7 Å². The van der Waals surface area contributed by atoms with E-state index in [9.17, 15) is 0 Å². The van der Waals surface area contributed by atoms with Gasteiger partial charge in [0.2, 0.25) is 0 Å². The molecule has 0 aliphatic heterocycles. The Hall–Kier alpha value is -0.480. The van der Waals surface area contributed by atoms with Gasteiger partial charge in [-0.2, -0.15) is 16.9 Å². The first kappa shape index (κ1) is 12.6. The third-order valence-corrected chi connectivity index (χ3v) is 3.66. The van der Waals surface area contributed by atoms with E-state index in [0.29, 0.717) is 6.04 Å². The zero-order valence-corrected chi connectivity index (χ0v) is 10.6. The van der Waals surface area contributed by atoms with E-state index in [-0.39, 0.29) is 0 Å². The summed E-state index contributed by atoms with van der Waals surface area (Å²) in [4.78, 5) is 0. The summed E-state index contributed by atoms with van der Waals surface area (Å²) >= 11 is 2.02. The van der Waals surface area contributed by atoms with Crippen molar-refractivity contribution in [2.24, 2.45) is 5.92 Å². The Kier molecular flexibility index (Phi) is 5.79. The van der Waals surface area contributed by atoms with Crippen LogP contribution in [0.5, 0.6) is 0 Å². The van der Waals surface area contributed by atoms with Gasteiger partial charge in [-0.25, -0.2) is 0 Å². The van der Waals surface area contributed by atoms with Gasteiger partial charge in [0.15, 0.2) is 0 Å². The zero-order chi connectivity index (χ0) is 11.1. The smallest absolute Gasteiger partial charge is 0.0490 e. The maximum Gasteiger partial charge on any atom is 0.0490 e. The molecule has 1 heterocycles. The SMILES string of the molecule is CC(C)CSCC(C)NCc1ccn[nH]1. The van der Waals surface area contributed by atoms with Crippen molar-refractivity contribution in [3.05, 3.63) is 18.0 Å². The van der Waals surface area contributed by atoms with Gasteiger partial charge in [-0.15, -0.1) is 0 Å². The van der Waals surface area contributed by atoms with E-state index in [4.69, 9.17) is 0 Å². The van der Waals surface area contributed by atoms with Gasteiger partial charge in [-0.1, -0.05) is 13.8 Å². The Morgan fingerprint density at radius 3 is 2.80 bits per heavy atom. The minimum absolute atomic E-state index is 0.553. The number of nitrogens with one attached hydrogen (secondary N) is 2. The fourth-order valence-electron chi connectivity index (χ4n) is 1.21. The Bertz CT molecular complexity index is 246. The molecule has 4 heteroatoms. The van der Waals surface area contributed by atoms with Crippen molar-refractivity contribution in [1.82, 2.24) is 15.5 Å². The molecule has 0 saturated heterocycles. The van der Waals surface area contributed by atoms with Crippen LogP contribution in [0.15, 0.2) is 12.3 Å². The van der Waals surface area contributed by atoms with Crippen LogP contribution >= 0.6 is 11.8 Å². The lowest BCUT2D eigenvalue weighted by molar-refractivity contribution is 0.586. The van der Waals surface area contributed by atoms with Gasteiger partial charge >= 0.3 is 0 Å². The first-order valence-corrected chi connectivity index (χ1v) is 6.63. The first-order valence-electron chi connectivity index (χ1n) is 5.48. The maximum absolute atomic E-state index is 3.92. The predicted octanol–water partition coefficient (Wildman–Crippen LogP) is 2.28. The lowest BCUT2D eigenvalue weighted by Gasteiger charge is -2.13. The van der Waals surface area contributed by atoms with Crippen molar-refractivity contribution in [2.45, 2.75) is 33.4 Å². The molecule has 0 saturated carbocycles. The number of hydrogen-bond acceptors (Lipinski definition) is 3. The summed E-state index contributed by atoms with van der Waals surface area (Å²) in [7, 11) is 0. The van der Waals surface area contributed by atoms with Crippen molar-refractivity contribution in [3.8, 4) is 0 Å². The summed E-state index contributed by atoms with van der Waals surface area (Å²) < 4.78 is 0. The molecule has 0 spiro atoms. The molecule has 2 N–H and O–H groups in total. The molecule has 1 aromatic heterocycles. The molecular weight excluding hydrogens is 206 g/mol. The van der Waals surface area contributed by atoms with Gasteiger partial charge in [0.1, 0.15) is 0 Å². The van der Waals surface area contributed by atoms with E-state index >= 15 is 0 Å². The molecule has 0 bridgehead atoms. The third kappa shape index (κ3) is 5.85. The highest BCUT2D eigenvalue weighted by atomic mass is 32.2. The summed E-state index contributed by atoms with van der Waals surface area (Å²) in [6.45, 7) is 7.62. The lowest BCUT2D eigenvalue weighted by atomic mass is 10.3. The summed E-state index contributed by atoms with van der Waals surface area (Å²) in [5.74, 6) is 3.21. The second kappa shape index (κ2) is 6.90. The predicted molar refractivity (Wildman–Crippen MR) is 67.1 cm³/mol. The third-order valence-electron chi connectivity index (χ3n) is 2.02. The fourth-order valence-corrected chi connectivity index (χ4v) is 2.29. The molecule has 15 heavy (non-hydrogen) atoms. The summed E-state index contributed by atoms with van der Waals surface area (Å²) in [5, 5.41) is 10.3. The quantitative estimate of drug-likeness (QED) is 0.751. The van der Waals surface area contributed by atoms with Gasteiger partial charge in [-0.3, -0.25) is 5.10 Å². The normalized spacial score (nSPS) is 13.3. The minimum atomic E-state index is 0.553. The highest BCUT2D eigenvalue weighted by Gasteiger charge is 2.03. The summed E-state index contributed by atoms with van der Waals surface area (Å²) in [6.07, 6.45) is 1.79. The van der Waals surface area contributed by atoms with Crippen LogP contribution in [0.4, 0.5) is 0 Å². The van der Waals surface area contributed by atoms with Crippen molar-refractivity contribution in [2.75, 3.05) is 11.5 Å². The maximum atomic E-state index is 3.92. The van der Waals surface area contributed by atoms with Crippen LogP contribution in [0.3, 0.4) is 0 Å². The molecule has 86 valence electrons. The molecule has 3 nitrogen and oxygen atoms in total. The van der Waals surface area contributed by atoms with Crippen LogP contribution < -0.4 is 5.32 Å². The Morgan fingerprint density at radius 1 is 1.40 bits per heavy atom.